The lowest BCUT2D eigenvalue weighted by molar-refractivity contribution is -0.141. The number of ether oxygens (including phenoxy) is 5. The molecule has 0 spiro atoms. The van der Waals surface area contributed by atoms with Gasteiger partial charge < -0.3 is 28.8 Å². The largest absolute Gasteiger partial charge is 0.491 e. The lowest BCUT2D eigenvalue weighted by Gasteiger charge is -2.25. The van der Waals surface area contributed by atoms with Crippen molar-refractivity contribution in [2.24, 2.45) is 5.92 Å². The highest BCUT2D eigenvalue weighted by Gasteiger charge is 2.25. The van der Waals surface area contributed by atoms with Crippen molar-refractivity contribution in [3.63, 3.8) is 0 Å². The molecule has 10 heteroatoms. The fourth-order valence-corrected chi connectivity index (χ4v) is 3.34. The molecule has 1 aliphatic heterocycles. The van der Waals surface area contributed by atoms with Crippen LogP contribution in [0.5, 0.6) is 17.2 Å². The second kappa shape index (κ2) is 12.2. The average Bonchev–Trinajstić information content (AvgIpc) is 3.29. The molecule has 1 heterocycles. The van der Waals surface area contributed by atoms with Gasteiger partial charge in [-0.3, -0.25) is 10.1 Å². The van der Waals surface area contributed by atoms with Crippen molar-refractivity contribution in [1.82, 2.24) is 0 Å². The Morgan fingerprint density at radius 2 is 1.97 bits per heavy atom. The van der Waals surface area contributed by atoms with Gasteiger partial charge in [0, 0.05) is 17.7 Å². The standard InChI is InChI=1S/C23H27NO8S/c1-15(7-9-29-21(26)13-33)22(16-3-2-4-18(11-16)28-10-8-25)32-23(27)24-17-5-6-19-20(12-17)31-14-30-19/h2-6,11-12,15,22,25,33H,7-10,13-14H2,1H3,(H,24,27)/t15-,22-/m0/s1. The van der Waals surface area contributed by atoms with Crippen molar-refractivity contribution in [3.05, 3.63) is 48.0 Å². The predicted octanol–water partition coefficient (Wildman–Crippen LogP) is 3.58. The van der Waals surface area contributed by atoms with E-state index in [9.17, 15) is 9.59 Å². The van der Waals surface area contributed by atoms with Gasteiger partial charge >= 0.3 is 12.1 Å². The topological polar surface area (TPSA) is 113 Å². The van der Waals surface area contributed by atoms with Crippen LogP contribution in [0, 0.1) is 5.92 Å². The van der Waals surface area contributed by atoms with E-state index in [-0.39, 0.29) is 38.3 Å². The van der Waals surface area contributed by atoms with Crippen LogP contribution in [-0.2, 0) is 14.3 Å². The zero-order chi connectivity index (χ0) is 23.6. The average molecular weight is 478 g/mol. The Balaban J connectivity index is 1.71. The number of benzene rings is 2. The van der Waals surface area contributed by atoms with Crippen LogP contribution in [0.4, 0.5) is 10.5 Å². The number of nitrogens with one attached hydrogen (secondary N) is 1. The number of anilines is 1. The van der Waals surface area contributed by atoms with Gasteiger partial charge in [0.25, 0.3) is 0 Å². The van der Waals surface area contributed by atoms with Crippen LogP contribution >= 0.6 is 12.6 Å². The summed E-state index contributed by atoms with van der Waals surface area (Å²) in [4.78, 5) is 24.1. The highest BCUT2D eigenvalue weighted by molar-refractivity contribution is 7.81. The number of amides is 1. The maximum Gasteiger partial charge on any atom is 0.412 e. The van der Waals surface area contributed by atoms with Crippen molar-refractivity contribution in [1.29, 1.82) is 0 Å². The fourth-order valence-electron chi connectivity index (χ4n) is 3.25. The summed E-state index contributed by atoms with van der Waals surface area (Å²) in [7, 11) is 0. The van der Waals surface area contributed by atoms with Crippen LogP contribution in [0.15, 0.2) is 42.5 Å². The first-order valence-electron chi connectivity index (χ1n) is 10.5. The molecule has 0 unspecified atom stereocenters. The second-order valence-corrected chi connectivity index (χ2v) is 7.62. The maximum atomic E-state index is 12.7. The van der Waals surface area contributed by atoms with Crippen molar-refractivity contribution in [3.8, 4) is 17.2 Å². The summed E-state index contributed by atoms with van der Waals surface area (Å²) >= 11 is 3.89. The zero-order valence-corrected chi connectivity index (χ0v) is 19.1. The Morgan fingerprint density at radius 3 is 2.76 bits per heavy atom. The third-order valence-corrected chi connectivity index (χ3v) is 5.14. The number of thiol groups is 1. The smallest absolute Gasteiger partial charge is 0.412 e. The van der Waals surface area contributed by atoms with E-state index in [4.69, 9.17) is 28.8 Å². The molecule has 0 bridgehead atoms. The summed E-state index contributed by atoms with van der Waals surface area (Å²) in [6.07, 6.45) is -0.838. The normalized spacial score (nSPS) is 13.7. The van der Waals surface area contributed by atoms with Crippen LogP contribution < -0.4 is 19.5 Å². The van der Waals surface area contributed by atoms with Gasteiger partial charge in [-0.1, -0.05) is 19.1 Å². The molecular weight excluding hydrogens is 450 g/mol. The molecule has 0 aliphatic carbocycles. The third kappa shape index (κ3) is 7.19. The molecule has 0 radical (unpaired) electrons. The summed E-state index contributed by atoms with van der Waals surface area (Å²) in [5.41, 5.74) is 1.21. The number of aliphatic hydroxyl groups excluding tert-OH is 1. The molecule has 0 fully saturated rings. The Hall–Kier alpha value is -3.11. The Kier molecular flexibility index (Phi) is 9.08. The molecule has 178 valence electrons. The number of rotatable bonds is 11. The van der Waals surface area contributed by atoms with Gasteiger partial charge in [-0.2, -0.15) is 12.6 Å². The van der Waals surface area contributed by atoms with Gasteiger partial charge in [0.05, 0.1) is 19.0 Å². The van der Waals surface area contributed by atoms with E-state index in [2.05, 4.69) is 17.9 Å². The van der Waals surface area contributed by atoms with Gasteiger partial charge in [0.1, 0.15) is 18.5 Å². The van der Waals surface area contributed by atoms with Crippen molar-refractivity contribution >= 4 is 30.4 Å². The molecule has 2 atom stereocenters. The van der Waals surface area contributed by atoms with E-state index in [1.807, 2.05) is 13.0 Å². The minimum Gasteiger partial charge on any atom is -0.491 e. The molecule has 3 rings (SSSR count). The number of carbonyl (C=O) groups excluding carboxylic acids is 2. The molecule has 0 aromatic heterocycles. The first-order valence-corrected chi connectivity index (χ1v) is 11.1. The summed E-state index contributed by atoms with van der Waals surface area (Å²) in [5.74, 6) is 1.08. The summed E-state index contributed by atoms with van der Waals surface area (Å²) in [6.45, 7) is 2.23. The van der Waals surface area contributed by atoms with E-state index in [1.165, 1.54) is 0 Å². The summed E-state index contributed by atoms with van der Waals surface area (Å²) < 4.78 is 27.0. The first kappa shape index (κ1) is 24.5. The van der Waals surface area contributed by atoms with Gasteiger partial charge in [0.2, 0.25) is 6.79 Å². The molecule has 0 saturated heterocycles. The summed E-state index contributed by atoms with van der Waals surface area (Å²) in [6, 6.07) is 12.2. The number of carbonyl (C=O) groups is 2. The van der Waals surface area contributed by atoms with E-state index >= 15 is 0 Å². The molecular formula is C23H27NO8S. The monoisotopic (exact) mass is 477 g/mol. The zero-order valence-electron chi connectivity index (χ0n) is 18.2. The van der Waals surface area contributed by atoms with E-state index in [0.717, 1.165) is 0 Å². The molecule has 2 N–H and O–H groups in total. The van der Waals surface area contributed by atoms with Gasteiger partial charge in [-0.25, -0.2) is 4.79 Å². The Morgan fingerprint density at radius 1 is 1.15 bits per heavy atom. The summed E-state index contributed by atoms with van der Waals surface area (Å²) in [5, 5.41) is 11.7. The van der Waals surface area contributed by atoms with Gasteiger partial charge in [-0.15, -0.1) is 0 Å². The molecule has 2 aromatic carbocycles. The lowest BCUT2D eigenvalue weighted by atomic mass is 9.94. The maximum absolute atomic E-state index is 12.7. The van der Waals surface area contributed by atoms with E-state index in [1.54, 1.807) is 36.4 Å². The van der Waals surface area contributed by atoms with Crippen LogP contribution in [0.1, 0.15) is 25.0 Å². The molecule has 1 aliphatic rings. The lowest BCUT2D eigenvalue weighted by Crippen LogP contribution is -2.23. The van der Waals surface area contributed by atoms with Crippen molar-refractivity contribution < 1.29 is 38.4 Å². The fraction of sp³-hybridized carbons (Fsp3) is 0.391. The highest BCUT2D eigenvalue weighted by Crippen LogP contribution is 2.35. The second-order valence-electron chi connectivity index (χ2n) is 7.31. The molecule has 2 aromatic rings. The number of fused-ring (bicyclic) bond motifs is 1. The van der Waals surface area contributed by atoms with Gasteiger partial charge in [0.15, 0.2) is 11.5 Å². The minimum atomic E-state index is -0.653. The molecule has 0 saturated carbocycles. The van der Waals surface area contributed by atoms with Crippen LogP contribution in [0.3, 0.4) is 0 Å². The number of esters is 1. The number of hydrogen-bond donors (Lipinski definition) is 3. The number of hydrogen-bond acceptors (Lipinski definition) is 9. The predicted molar refractivity (Wildman–Crippen MR) is 123 cm³/mol. The van der Waals surface area contributed by atoms with Crippen LogP contribution in [0.2, 0.25) is 0 Å². The van der Waals surface area contributed by atoms with Crippen molar-refractivity contribution in [2.75, 3.05) is 37.7 Å². The van der Waals surface area contributed by atoms with Crippen LogP contribution in [0.25, 0.3) is 0 Å². The molecule has 33 heavy (non-hydrogen) atoms. The first-order chi connectivity index (χ1) is 16.0. The Labute approximate surface area is 197 Å². The molecule has 1 amide bonds. The molecule has 9 nitrogen and oxygen atoms in total. The third-order valence-electron chi connectivity index (χ3n) is 4.88. The quantitative estimate of drug-likeness (QED) is 0.333. The van der Waals surface area contributed by atoms with Gasteiger partial charge in [-0.05, 0) is 36.2 Å². The highest BCUT2D eigenvalue weighted by atomic mass is 32.1. The Bertz CT molecular complexity index is 954. The SMILES string of the molecule is C[C@@H](CCOC(=O)CS)[C@H](OC(=O)Nc1ccc2c(c1)OCO2)c1cccc(OCCO)c1. The minimum absolute atomic E-state index is 0.00348. The van der Waals surface area contributed by atoms with E-state index < -0.39 is 18.2 Å². The van der Waals surface area contributed by atoms with Crippen LogP contribution in [-0.4, -0.2) is 49.5 Å². The number of aliphatic hydroxyl groups is 1. The van der Waals surface area contributed by atoms with E-state index in [0.29, 0.717) is 34.9 Å². The van der Waals surface area contributed by atoms with Crippen molar-refractivity contribution in [2.45, 2.75) is 19.4 Å².